The summed E-state index contributed by atoms with van der Waals surface area (Å²) in [5.41, 5.74) is 0.767. The van der Waals surface area contributed by atoms with Crippen molar-refractivity contribution in [1.29, 1.82) is 0 Å². The second kappa shape index (κ2) is 5.97. The molecule has 1 atom stereocenters. The first-order valence-electron chi connectivity index (χ1n) is 8.11. The van der Waals surface area contributed by atoms with Gasteiger partial charge in [-0.3, -0.25) is 0 Å². The number of thiophene rings is 1. The van der Waals surface area contributed by atoms with Crippen LogP contribution in [-0.4, -0.2) is 6.04 Å². The average Bonchev–Trinajstić information content (AvgIpc) is 3.10. The minimum Gasteiger partial charge on any atom is -0.306 e. The molecule has 1 unspecified atom stereocenters. The maximum atomic E-state index is 3.92. The molecular formula is C17H27NS. The zero-order valence-corrected chi connectivity index (χ0v) is 13.0. The Hall–Kier alpha value is -0.340. The van der Waals surface area contributed by atoms with Crippen molar-refractivity contribution in [2.45, 2.75) is 76.8 Å². The van der Waals surface area contributed by atoms with Crippen LogP contribution in [0.5, 0.6) is 0 Å². The molecule has 3 rings (SSSR count). The molecule has 0 radical (unpaired) electrons. The summed E-state index contributed by atoms with van der Waals surface area (Å²) in [6, 6.07) is 5.81. The average molecular weight is 277 g/mol. The van der Waals surface area contributed by atoms with Gasteiger partial charge in [0.25, 0.3) is 0 Å². The predicted molar refractivity (Wildman–Crippen MR) is 83.6 cm³/mol. The third-order valence-corrected chi connectivity index (χ3v) is 6.43. The summed E-state index contributed by atoms with van der Waals surface area (Å²) >= 11 is 1.90. The van der Waals surface area contributed by atoms with Crippen LogP contribution in [0, 0.1) is 5.41 Å². The second-order valence-corrected chi connectivity index (χ2v) is 7.60. The summed E-state index contributed by atoms with van der Waals surface area (Å²) in [4.78, 5) is 1.52. The summed E-state index contributed by atoms with van der Waals surface area (Å²) in [7, 11) is 0. The molecular weight excluding hydrogens is 250 g/mol. The SMILES string of the molecule is CCC(NC1CCC2(CCCC2)CC1)c1cccs1. The van der Waals surface area contributed by atoms with Gasteiger partial charge >= 0.3 is 0 Å². The van der Waals surface area contributed by atoms with Gasteiger partial charge in [-0.1, -0.05) is 25.8 Å². The van der Waals surface area contributed by atoms with Gasteiger partial charge in [-0.2, -0.15) is 0 Å². The van der Waals surface area contributed by atoms with Crippen LogP contribution in [-0.2, 0) is 0 Å². The van der Waals surface area contributed by atoms with Gasteiger partial charge in [0.1, 0.15) is 0 Å². The highest BCUT2D eigenvalue weighted by molar-refractivity contribution is 7.10. The second-order valence-electron chi connectivity index (χ2n) is 6.62. The van der Waals surface area contributed by atoms with Gasteiger partial charge in [0.15, 0.2) is 0 Å². The number of hydrogen-bond donors (Lipinski definition) is 1. The van der Waals surface area contributed by atoms with Crippen molar-refractivity contribution in [1.82, 2.24) is 5.32 Å². The Morgan fingerprint density at radius 1 is 1.26 bits per heavy atom. The first-order valence-corrected chi connectivity index (χ1v) is 8.99. The fraction of sp³-hybridized carbons (Fsp3) is 0.765. The fourth-order valence-corrected chi connectivity index (χ4v) is 5.07. The van der Waals surface area contributed by atoms with Crippen molar-refractivity contribution in [3.8, 4) is 0 Å². The Morgan fingerprint density at radius 2 is 2.00 bits per heavy atom. The van der Waals surface area contributed by atoms with E-state index in [0.29, 0.717) is 6.04 Å². The van der Waals surface area contributed by atoms with E-state index in [1.165, 1.54) is 62.7 Å². The van der Waals surface area contributed by atoms with E-state index in [4.69, 9.17) is 0 Å². The molecule has 0 aliphatic heterocycles. The minimum atomic E-state index is 0.586. The van der Waals surface area contributed by atoms with Crippen LogP contribution in [0.1, 0.15) is 75.6 Å². The van der Waals surface area contributed by atoms with Crippen molar-refractivity contribution >= 4 is 11.3 Å². The fourth-order valence-electron chi connectivity index (χ4n) is 4.20. The molecule has 2 saturated carbocycles. The first-order chi connectivity index (χ1) is 9.31. The van der Waals surface area contributed by atoms with Gasteiger partial charge in [0.05, 0.1) is 0 Å². The van der Waals surface area contributed by atoms with Crippen molar-refractivity contribution in [2.75, 3.05) is 0 Å². The molecule has 1 spiro atoms. The Balaban J connectivity index is 1.54. The predicted octanol–water partition coefficient (Wildman–Crippen LogP) is 5.29. The molecule has 1 nitrogen and oxygen atoms in total. The zero-order valence-electron chi connectivity index (χ0n) is 12.2. The lowest BCUT2D eigenvalue weighted by molar-refractivity contribution is 0.162. The van der Waals surface area contributed by atoms with E-state index in [0.717, 1.165) is 11.5 Å². The Morgan fingerprint density at radius 3 is 2.58 bits per heavy atom. The molecule has 0 aromatic carbocycles. The zero-order chi connectivity index (χ0) is 13.1. The minimum absolute atomic E-state index is 0.586. The Bertz CT molecular complexity index is 368. The molecule has 1 aromatic rings. The van der Waals surface area contributed by atoms with Gasteiger partial charge < -0.3 is 5.32 Å². The highest BCUT2D eigenvalue weighted by Crippen LogP contribution is 2.49. The maximum absolute atomic E-state index is 3.92. The van der Waals surface area contributed by atoms with Crippen LogP contribution in [0.4, 0.5) is 0 Å². The lowest BCUT2D eigenvalue weighted by Crippen LogP contribution is -2.38. The number of nitrogens with one attached hydrogen (secondary N) is 1. The van der Waals surface area contributed by atoms with E-state index < -0.39 is 0 Å². The molecule has 0 amide bonds. The number of rotatable bonds is 4. The quantitative estimate of drug-likeness (QED) is 0.788. The van der Waals surface area contributed by atoms with Crippen LogP contribution >= 0.6 is 11.3 Å². The van der Waals surface area contributed by atoms with Crippen LogP contribution in [0.15, 0.2) is 17.5 Å². The van der Waals surface area contributed by atoms with Gasteiger partial charge in [-0.05, 0) is 61.8 Å². The van der Waals surface area contributed by atoms with E-state index in [-0.39, 0.29) is 0 Å². The lowest BCUT2D eigenvalue weighted by Gasteiger charge is -2.38. The van der Waals surface area contributed by atoms with Crippen LogP contribution < -0.4 is 5.32 Å². The molecule has 0 saturated heterocycles. The standard InChI is InChI=1S/C17H27NS/c1-2-15(16-6-5-13-19-16)18-14-7-11-17(12-8-14)9-3-4-10-17/h5-6,13-15,18H,2-4,7-12H2,1H3. The molecule has 2 aliphatic carbocycles. The highest BCUT2D eigenvalue weighted by Gasteiger charge is 2.37. The van der Waals surface area contributed by atoms with E-state index >= 15 is 0 Å². The molecule has 0 bridgehead atoms. The summed E-state index contributed by atoms with van der Waals surface area (Å²) in [6.45, 7) is 2.30. The molecule has 19 heavy (non-hydrogen) atoms. The Labute approximate surface area is 121 Å². The van der Waals surface area contributed by atoms with Gasteiger partial charge in [0.2, 0.25) is 0 Å². The van der Waals surface area contributed by atoms with E-state index in [2.05, 4.69) is 29.8 Å². The Kier molecular flexibility index (Phi) is 4.28. The summed E-state index contributed by atoms with van der Waals surface area (Å²) < 4.78 is 0. The largest absolute Gasteiger partial charge is 0.306 e. The smallest absolute Gasteiger partial charge is 0.0414 e. The van der Waals surface area contributed by atoms with Gasteiger partial charge in [-0.15, -0.1) is 11.3 Å². The normalized spacial score (nSPS) is 24.9. The summed E-state index contributed by atoms with van der Waals surface area (Å²) in [5, 5.41) is 6.13. The molecule has 2 fully saturated rings. The van der Waals surface area contributed by atoms with Crippen molar-refractivity contribution < 1.29 is 0 Å². The van der Waals surface area contributed by atoms with Crippen LogP contribution in [0.25, 0.3) is 0 Å². The number of hydrogen-bond acceptors (Lipinski definition) is 2. The van der Waals surface area contributed by atoms with Gasteiger partial charge in [-0.25, -0.2) is 0 Å². The highest BCUT2D eigenvalue weighted by atomic mass is 32.1. The van der Waals surface area contributed by atoms with Crippen LogP contribution in [0.2, 0.25) is 0 Å². The maximum Gasteiger partial charge on any atom is 0.0414 e. The third kappa shape index (κ3) is 3.05. The molecule has 1 N–H and O–H groups in total. The van der Waals surface area contributed by atoms with Crippen molar-refractivity contribution in [3.63, 3.8) is 0 Å². The molecule has 106 valence electrons. The topological polar surface area (TPSA) is 12.0 Å². The molecule has 2 heteroatoms. The third-order valence-electron chi connectivity index (χ3n) is 5.44. The van der Waals surface area contributed by atoms with E-state index in [9.17, 15) is 0 Å². The van der Waals surface area contributed by atoms with E-state index in [1.807, 2.05) is 11.3 Å². The molecule has 1 heterocycles. The summed E-state index contributed by atoms with van der Waals surface area (Å²) in [5.74, 6) is 0. The van der Waals surface area contributed by atoms with Gasteiger partial charge in [0, 0.05) is 17.0 Å². The summed E-state index contributed by atoms with van der Waals surface area (Å²) in [6.07, 6.45) is 13.0. The van der Waals surface area contributed by atoms with Crippen molar-refractivity contribution in [2.24, 2.45) is 5.41 Å². The molecule has 1 aromatic heterocycles. The van der Waals surface area contributed by atoms with Crippen LogP contribution in [0.3, 0.4) is 0 Å². The first kappa shape index (κ1) is 13.6. The monoisotopic (exact) mass is 277 g/mol. The van der Waals surface area contributed by atoms with E-state index in [1.54, 1.807) is 0 Å². The molecule has 2 aliphatic rings. The lowest BCUT2D eigenvalue weighted by atomic mass is 9.71. The van der Waals surface area contributed by atoms with Crippen molar-refractivity contribution in [3.05, 3.63) is 22.4 Å².